The Balaban J connectivity index is 1.49. The van der Waals surface area contributed by atoms with Crippen molar-refractivity contribution in [1.82, 2.24) is 0 Å². The minimum Gasteiger partial charge on any atom is -0.228 e. The molecule has 3 aliphatic carbocycles. The van der Waals surface area contributed by atoms with Crippen LogP contribution in [0.25, 0.3) is 0 Å². The van der Waals surface area contributed by atoms with Crippen LogP contribution >= 0.6 is 23.2 Å². The first kappa shape index (κ1) is 17.9. The molecule has 0 N–H and O–H groups in total. The van der Waals surface area contributed by atoms with Gasteiger partial charge in [0.2, 0.25) is 0 Å². The van der Waals surface area contributed by atoms with E-state index in [0.717, 1.165) is 30.7 Å². The van der Waals surface area contributed by atoms with Crippen LogP contribution in [-0.4, -0.2) is 13.7 Å². The van der Waals surface area contributed by atoms with Gasteiger partial charge in [-0.3, -0.25) is 0 Å². The lowest BCUT2D eigenvalue weighted by atomic mass is 9.73. The summed E-state index contributed by atoms with van der Waals surface area (Å²) >= 11 is 12.0. The van der Waals surface area contributed by atoms with Crippen molar-refractivity contribution in [1.29, 1.82) is 0 Å². The molecule has 2 nitrogen and oxygen atoms in total. The number of benzene rings is 1. The first-order chi connectivity index (χ1) is 11.9. The van der Waals surface area contributed by atoms with Crippen molar-refractivity contribution in [3.8, 4) is 0 Å². The molecule has 3 aliphatic rings. The van der Waals surface area contributed by atoms with Gasteiger partial charge in [-0.25, -0.2) is 8.42 Å². The van der Waals surface area contributed by atoms with Crippen LogP contribution in [-0.2, 0) is 15.6 Å². The van der Waals surface area contributed by atoms with Crippen LogP contribution in [0.1, 0.15) is 50.5 Å². The summed E-state index contributed by atoms with van der Waals surface area (Å²) in [5.74, 6) is 2.27. The predicted octanol–water partition coefficient (Wildman–Crippen LogP) is 5.82. The zero-order valence-electron chi connectivity index (χ0n) is 14.3. The third-order valence-corrected chi connectivity index (χ3v) is 9.08. The van der Waals surface area contributed by atoms with Crippen LogP contribution in [0.15, 0.2) is 29.8 Å². The third-order valence-electron chi connectivity index (χ3n) is 6.19. The minimum absolute atomic E-state index is 0.0541. The van der Waals surface area contributed by atoms with E-state index in [4.69, 9.17) is 23.2 Å². The molecule has 0 amide bonds. The molecule has 3 atom stereocenters. The maximum atomic E-state index is 13.0. The molecule has 2 fully saturated rings. The van der Waals surface area contributed by atoms with Crippen LogP contribution in [0, 0.1) is 17.8 Å². The van der Waals surface area contributed by atoms with Gasteiger partial charge in [0.25, 0.3) is 0 Å². The normalized spacial score (nSPS) is 29.8. The second-order valence-electron chi connectivity index (χ2n) is 7.98. The van der Waals surface area contributed by atoms with Crippen molar-refractivity contribution in [2.24, 2.45) is 17.8 Å². The summed E-state index contributed by atoms with van der Waals surface area (Å²) < 4.78 is 25.9. The highest BCUT2D eigenvalue weighted by Crippen LogP contribution is 2.47. The summed E-state index contributed by atoms with van der Waals surface area (Å²) in [5.41, 5.74) is 2.15. The van der Waals surface area contributed by atoms with Crippen LogP contribution in [0.4, 0.5) is 0 Å². The first-order valence-corrected chi connectivity index (χ1v) is 11.8. The van der Waals surface area contributed by atoms with Crippen LogP contribution in [0.2, 0.25) is 10.0 Å². The molecule has 0 saturated heterocycles. The molecule has 5 heteroatoms. The zero-order valence-corrected chi connectivity index (χ0v) is 16.6. The highest BCUT2D eigenvalue weighted by atomic mass is 35.5. The quantitative estimate of drug-likeness (QED) is 0.598. The molecule has 2 saturated carbocycles. The lowest BCUT2D eigenvalue weighted by molar-refractivity contribution is 0.347. The van der Waals surface area contributed by atoms with E-state index in [1.165, 1.54) is 31.3 Å². The molecule has 0 aliphatic heterocycles. The van der Waals surface area contributed by atoms with Gasteiger partial charge in [-0.2, -0.15) is 0 Å². The molecular formula is C20H24Cl2O2S. The van der Waals surface area contributed by atoms with Gasteiger partial charge >= 0.3 is 0 Å². The van der Waals surface area contributed by atoms with E-state index in [9.17, 15) is 8.42 Å². The van der Waals surface area contributed by atoms with E-state index >= 15 is 0 Å². The van der Waals surface area contributed by atoms with Crippen LogP contribution < -0.4 is 0 Å². The lowest BCUT2D eigenvalue weighted by Gasteiger charge is -2.36. The second-order valence-corrected chi connectivity index (χ2v) is 11.1. The molecule has 0 bridgehead atoms. The van der Waals surface area contributed by atoms with Gasteiger partial charge in [-0.15, -0.1) is 0 Å². The molecule has 0 radical (unpaired) electrons. The number of rotatable bonds is 4. The summed E-state index contributed by atoms with van der Waals surface area (Å²) in [4.78, 5) is 0. The summed E-state index contributed by atoms with van der Waals surface area (Å²) in [5, 5.41) is 0.629. The van der Waals surface area contributed by atoms with Crippen molar-refractivity contribution in [2.45, 2.75) is 55.9 Å². The van der Waals surface area contributed by atoms with Gasteiger partial charge in [-0.1, -0.05) is 40.9 Å². The molecule has 25 heavy (non-hydrogen) atoms. The Labute approximate surface area is 160 Å². The number of sulfone groups is 1. The molecule has 0 spiro atoms. The van der Waals surface area contributed by atoms with Crippen molar-refractivity contribution in [3.63, 3.8) is 0 Å². The number of fused-ring (bicyclic) bond motifs is 1. The highest BCUT2D eigenvalue weighted by molar-refractivity contribution is 7.91. The lowest BCUT2D eigenvalue weighted by Crippen LogP contribution is -2.31. The molecule has 1 aromatic rings. The SMILES string of the molecule is O=S(=O)(Cc1ccc(Cl)c(Cl)c1)C1CCC2CCC(C3CC3)C=C2C1. The van der Waals surface area contributed by atoms with Gasteiger partial charge < -0.3 is 0 Å². The maximum Gasteiger partial charge on any atom is 0.157 e. The standard InChI is InChI=1S/C20H24Cl2O2S/c21-19-8-1-13(9-20(19)22)12-25(23,24)18-7-6-15-4-5-16(14-2-3-14)10-17(15)11-18/h1,8-10,14-16,18H,2-7,11-12H2. The zero-order chi connectivity index (χ0) is 17.6. The molecule has 4 rings (SSSR count). The van der Waals surface area contributed by atoms with E-state index in [0.29, 0.717) is 21.9 Å². The van der Waals surface area contributed by atoms with E-state index in [2.05, 4.69) is 6.08 Å². The molecule has 0 aromatic heterocycles. The molecule has 0 heterocycles. The predicted molar refractivity (Wildman–Crippen MR) is 104 cm³/mol. The summed E-state index contributed by atoms with van der Waals surface area (Å²) in [6.45, 7) is 0. The van der Waals surface area contributed by atoms with Crippen molar-refractivity contribution < 1.29 is 8.42 Å². The highest BCUT2D eigenvalue weighted by Gasteiger charge is 2.38. The average Bonchev–Trinajstić information content (AvgIpc) is 3.42. The number of hydrogen-bond acceptors (Lipinski definition) is 2. The summed E-state index contributed by atoms with van der Waals surface area (Å²) in [6.07, 6.45) is 10.3. The Bertz CT molecular complexity index is 796. The Morgan fingerprint density at radius 1 is 0.960 bits per heavy atom. The Morgan fingerprint density at radius 3 is 2.44 bits per heavy atom. The maximum absolute atomic E-state index is 13.0. The fourth-order valence-electron chi connectivity index (χ4n) is 4.57. The van der Waals surface area contributed by atoms with Crippen LogP contribution in [0.5, 0.6) is 0 Å². The molecule has 136 valence electrons. The van der Waals surface area contributed by atoms with E-state index in [1.807, 2.05) is 0 Å². The monoisotopic (exact) mass is 398 g/mol. The van der Waals surface area contributed by atoms with E-state index in [-0.39, 0.29) is 11.0 Å². The van der Waals surface area contributed by atoms with E-state index in [1.54, 1.807) is 18.2 Å². The number of hydrogen-bond donors (Lipinski definition) is 0. The second kappa shape index (κ2) is 6.90. The van der Waals surface area contributed by atoms with Crippen molar-refractivity contribution in [2.75, 3.05) is 0 Å². The smallest absolute Gasteiger partial charge is 0.157 e. The fourth-order valence-corrected chi connectivity index (χ4v) is 6.71. The van der Waals surface area contributed by atoms with Gasteiger partial charge in [0, 0.05) is 0 Å². The van der Waals surface area contributed by atoms with Crippen molar-refractivity contribution >= 4 is 33.0 Å². The Hall–Kier alpha value is -0.510. The molecular weight excluding hydrogens is 375 g/mol. The average molecular weight is 399 g/mol. The van der Waals surface area contributed by atoms with Gasteiger partial charge in [0.05, 0.1) is 21.0 Å². The summed E-state index contributed by atoms with van der Waals surface area (Å²) in [6, 6.07) is 5.12. The number of halogens is 2. The fraction of sp³-hybridized carbons (Fsp3) is 0.600. The first-order valence-electron chi connectivity index (χ1n) is 9.28. The van der Waals surface area contributed by atoms with Gasteiger partial charge in [-0.05, 0) is 80.4 Å². The Morgan fingerprint density at radius 2 is 1.72 bits per heavy atom. The minimum atomic E-state index is -3.18. The third kappa shape index (κ3) is 3.94. The van der Waals surface area contributed by atoms with Gasteiger partial charge in [0.15, 0.2) is 9.84 Å². The van der Waals surface area contributed by atoms with Crippen molar-refractivity contribution in [3.05, 3.63) is 45.5 Å². The number of allylic oxidation sites excluding steroid dienone is 2. The summed E-state index contributed by atoms with van der Waals surface area (Å²) in [7, 11) is -3.18. The van der Waals surface area contributed by atoms with Gasteiger partial charge in [0.1, 0.15) is 0 Å². The topological polar surface area (TPSA) is 34.1 Å². The Kier molecular flexibility index (Phi) is 4.94. The van der Waals surface area contributed by atoms with E-state index < -0.39 is 9.84 Å². The van der Waals surface area contributed by atoms with Crippen LogP contribution in [0.3, 0.4) is 0 Å². The molecule has 1 aromatic carbocycles. The largest absolute Gasteiger partial charge is 0.228 e. The molecule has 3 unspecified atom stereocenters.